The van der Waals surface area contributed by atoms with E-state index in [0.717, 1.165) is 26.4 Å². The number of nitrogens with zero attached hydrogens (tertiary/aromatic N) is 2. The maximum absolute atomic E-state index is 13.4. The Morgan fingerprint density at radius 3 is 1.25 bits per heavy atom. The molecule has 3 aliphatic rings. The quantitative estimate of drug-likeness (QED) is 0.0400. The first kappa shape index (κ1) is 58.1. The third-order valence-corrected chi connectivity index (χ3v) is 12.8. The molecule has 1 atom stereocenters. The number of unbranched alkanes of at least 4 members (excludes halogenated alkanes) is 2. The summed E-state index contributed by atoms with van der Waals surface area (Å²) in [6.07, 6.45) is 5.59. The fourth-order valence-electron chi connectivity index (χ4n) is 8.55. The number of ether oxygens (including phenoxy) is 10. The molecule has 2 aromatic carbocycles. The summed E-state index contributed by atoms with van der Waals surface area (Å²) >= 11 is 0. The van der Waals surface area contributed by atoms with Gasteiger partial charge in [-0.15, -0.1) is 0 Å². The Balaban J connectivity index is 1.07. The summed E-state index contributed by atoms with van der Waals surface area (Å²) in [5.41, 5.74) is -0.351. The van der Waals surface area contributed by atoms with Gasteiger partial charge in [-0.05, 0) is 120 Å². The normalized spacial score (nSPS) is 19.2. The number of amides is 2. The Morgan fingerprint density at radius 1 is 0.507 bits per heavy atom. The lowest BCUT2D eigenvalue weighted by Crippen LogP contribution is -2.56. The molecule has 2 saturated carbocycles. The molecular weight excluding hydrogens is 985 g/mol. The van der Waals surface area contributed by atoms with Crippen LogP contribution in [0.25, 0.3) is 0 Å². The maximum Gasteiger partial charge on any atom is 0.415 e. The van der Waals surface area contributed by atoms with Gasteiger partial charge in [0.1, 0.15) is 34.1 Å². The number of carbonyl (C=O) groups excluding carboxylic acids is 10. The smallest absolute Gasteiger partial charge is 0.415 e. The minimum absolute atomic E-state index is 0.0183. The Kier molecular flexibility index (Phi) is 22.6. The molecule has 2 aromatic rings. The first-order chi connectivity index (χ1) is 36.0. The topological polar surface area (TPSA) is 269 Å². The zero-order valence-corrected chi connectivity index (χ0v) is 42.4. The molecule has 406 valence electrons. The van der Waals surface area contributed by atoms with Crippen molar-refractivity contribution in [3.63, 3.8) is 0 Å². The molecule has 1 unspecified atom stereocenters. The second kappa shape index (κ2) is 29.2. The highest BCUT2D eigenvalue weighted by atomic mass is 16.6. The van der Waals surface area contributed by atoms with E-state index in [1.54, 1.807) is 6.92 Å². The highest BCUT2D eigenvalue weighted by Gasteiger charge is 2.36. The molecule has 3 fully saturated rings. The van der Waals surface area contributed by atoms with E-state index in [4.69, 9.17) is 47.4 Å². The van der Waals surface area contributed by atoms with Crippen LogP contribution in [0.2, 0.25) is 0 Å². The molecule has 75 heavy (non-hydrogen) atoms. The maximum atomic E-state index is 13.4. The lowest BCUT2D eigenvalue weighted by molar-refractivity contribution is -0.152. The summed E-state index contributed by atoms with van der Waals surface area (Å²) in [6, 6.07) is 7.15. The first-order valence-electron chi connectivity index (χ1n) is 24.8. The van der Waals surface area contributed by atoms with Crippen molar-refractivity contribution < 1.29 is 95.3 Å². The molecule has 0 bridgehead atoms. The van der Waals surface area contributed by atoms with E-state index in [1.165, 1.54) is 46.2 Å². The van der Waals surface area contributed by atoms with Crippen LogP contribution in [0.1, 0.15) is 105 Å². The molecule has 22 heteroatoms. The van der Waals surface area contributed by atoms with Crippen molar-refractivity contribution in [1.82, 2.24) is 9.80 Å². The Labute approximate surface area is 433 Å². The summed E-state index contributed by atoms with van der Waals surface area (Å²) in [5, 5.41) is 0. The van der Waals surface area contributed by atoms with Crippen LogP contribution in [-0.2, 0) is 57.2 Å². The number of carbonyl (C=O) groups is 10. The van der Waals surface area contributed by atoms with Crippen molar-refractivity contribution in [3.8, 4) is 23.0 Å². The lowest BCUT2D eigenvalue weighted by Gasteiger charge is -2.38. The summed E-state index contributed by atoms with van der Waals surface area (Å²) in [4.78, 5) is 129. The van der Waals surface area contributed by atoms with Crippen LogP contribution in [0, 0.1) is 23.7 Å². The lowest BCUT2D eigenvalue weighted by atomic mass is 9.82. The minimum atomic E-state index is -0.858. The van der Waals surface area contributed by atoms with Gasteiger partial charge in [0, 0.05) is 31.8 Å². The van der Waals surface area contributed by atoms with Crippen LogP contribution in [0.3, 0.4) is 0 Å². The molecular formula is C53H64N2O20. The van der Waals surface area contributed by atoms with E-state index in [2.05, 4.69) is 13.2 Å². The summed E-state index contributed by atoms with van der Waals surface area (Å²) < 4.78 is 52.8. The van der Waals surface area contributed by atoms with Crippen molar-refractivity contribution in [2.24, 2.45) is 23.7 Å². The van der Waals surface area contributed by atoms with Crippen LogP contribution in [0.15, 0.2) is 61.7 Å². The molecule has 0 radical (unpaired) electrons. The number of hydrogen-bond donors (Lipinski definition) is 0. The predicted octanol–water partition coefficient (Wildman–Crippen LogP) is 6.49. The van der Waals surface area contributed by atoms with Crippen molar-refractivity contribution >= 4 is 59.9 Å². The highest BCUT2D eigenvalue weighted by Crippen LogP contribution is 2.35. The molecule has 1 aliphatic heterocycles. The number of benzene rings is 2. The monoisotopic (exact) mass is 1050 g/mol. The van der Waals surface area contributed by atoms with Gasteiger partial charge in [0.05, 0.1) is 70.4 Å². The Hall–Kier alpha value is -7.78. The SMILES string of the molecule is C=CC(=O)OCCCCOC(=O)C1CCC(C(=O)Oc2ccc(OC(=O)N3CCN(C(=O)Oc4ccc(OC(=O)C5CCC(C(=O)OCCCCOC(=O)C=C)CC5)c(C(=O)OC)c4)C(C)C3)cc2C(=O)OC)CC1. The second-order valence-electron chi connectivity index (χ2n) is 18.0. The Bertz CT molecular complexity index is 2420. The predicted molar refractivity (Wildman–Crippen MR) is 260 cm³/mol. The van der Waals surface area contributed by atoms with E-state index in [0.29, 0.717) is 77.0 Å². The molecule has 22 nitrogen and oxygen atoms in total. The average molecular weight is 1050 g/mol. The van der Waals surface area contributed by atoms with Crippen LogP contribution in [0.4, 0.5) is 9.59 Å². The Morgan fingerprint density at radius 2 is 0.880 bits per heavy atom. The number of piperazine rings is 1. The van der Waals surface area contributed by atoms with Gasteiger partial charge in [0.2, 0.25) is 0 Å². The first-order valence-corrected chi connectivity index (χ1v) is 24.8. The van der Waals surface area contributed by atoms with Crippen molar-refractivity contribution in [2.45, 2.75) is 90.0 Å². The van der Waals surface area contributed by atoms with E-state index >= 15 is 0 Å². The van der Waals surface area contributed by atoms with E-state index in [-0.39, 0.29) is 104 Å². The third-order valence-electron chi connectivity index (χ3n) is 12.8. The zero-order chi connectivity index (χ0) is 54.4. The highest BCUT2D eigenvalue weighted by molar-refractivity contribution is 5.95. The number of hydrogen-bond acceptors (Lipinski definition) is 20. The van der Waals surface area contributed by atoms with Crippen molar-refractivity contribution in [1.29, 1.82) is 0 Å². The van der Waals surface area contributed by atoms with Crippen LogP contribution in [-0.4, -0.2) is 136 Å². The molecule has 1 heterocycles. The van der Waals surface area contributed by atoms with E-state index in [1.807, 2.05) is 0 Å². The fourth-order valence-corrected chi connectivity index (χ4v) is 8.55. The van der Waals surface area contributed by atoms with Gasteiger partial charge in [0.25, 0.3) is 0 Å². The third kappa shape index (κ3) is 17.4. The summed E-state index contributed by atoms with van der Waals surface area (Å²) in [7, 11) is 2.28. The molecule has 0 aromatic heterocycles. The van der Waals surface area contributed by atoms with Crippen LogP contribution in [0.5, 0.6) is 23.0 Å². The molecule has 5 rings (SSSR count). The van der Waals surface area contributed by atoms with Gasteiger partial charge >= 0.3 is 59.9 Å². The van der Waals surface area contributed by atoms with Crippen LogP contribution < -0.4 is 18.9 Å². The average Bonchev–Trinajstić information content (AvgIpc) is 3.42. The van der Waals surface area contributed by atoms with Gasteiger partial charge in [-0.2, -0.15) is 0 Å². The van der Waals surface area contributed by atoms with E-state index < -0.39 is 65.9 Å². The molecule has 0 N–H and O–H groups in total. The second-order valence-corrected chi connectivity index (χ2v) is 18.0. The largest absolute Gasteiger partial charge is 0.465 e. The van der Waals surface area contributed by atoms with Crippen LogP contribution >= 0.6 is 0 Å². The summed E-state index contributed by atoms with van der Waals surface area (Å²) in [6.45, 7) is 9.11. The minimum Gasteiger partial charge on any atom is -0.465 e. The molecule has 0 spiro atoms. The van der Waals surface area contributed by atoms with Crippen molar-refractivity contribution in [2.75, 3.05) is 60.3 Å². The number of rotatable bonds is 22. The van der Waals surface area contributed by atoms with Gasteiger partial charge in [-0.25, -0.2) is 28.8 Å². The van der Waals surface area contributed by atoms with E-state index in [9.17, 15) is 47.9 Å². The zero-order valence-electron chi connectivity index (χ0n) is 42.4. The number of methoxy groups -OCH3 is 2. The van der Waals surface area contributed by atoms with Gasteiger partial charge < -0.3 is 57.2 Å². The van der Waals surface area contributed by atoms with Crippen molar-refractivity contribution in [3.05, 3.63) is 72.8 Å². The molecule has 2 aliphatic carbocycles. The fraction of sp³-hybridized carbons (Fsp3) is 0.509. The summed E-state index contributed by atoms with van der Waals surface area (Å²) in [5.74, 6) is -6.94. The standard InChI is InChI=1S/C53H64N2O20/c1-6-44(56)68-26-8-10-28-70-46(58)34-12-16-36(17-13-34)48(60)74-42-22-20-38(30-40(42)50(62)66-4)72-52(64)54-24-25-55(33(3)32-54)53(65)73-39-21-23-43(41(31-39)51(63)67-5)75-49(61)37-18-14-35(15-19-37)47(59)71-29-11-9-27-69-45(57)7-2/h6-7,20-23,30-31,33-37H,1-2,8-19,24-29,32H2,3-5H3. The van der Waals surface area contributed by atoms with Gasteiger partial charge in [-0.1, -0.05) is 13.2 Å². The number of esters is 8. The van der Waals surface area contributed by atoms with Gasteiger partial charge in [0.15, 0.2) is 0 Å². The molecule has 2 amide bonds. The van der Waals surface area contributed by atoms with Gasteiger partial charge in [-0.3, -0.25) is 19.2 Å². The molecule has 1 saturated heterocycles.